The monoisotopic (exact) mass is 369 g/mol. The molecule has 0 radical (unpaired) electrons. The van der Waals surface area contributed by atoms with Crippen LogP contribution in [0.5, 0.6) is 0 Å². The lowest BCUT2D eigenvalue weighted by molar-refractivity contribution is -0.116. The number of anilines is 1. The van der Waals surface area contributed by atoms with Crippen LogP contribution in [0.4, 0.5) is 5.69 Å². The summed E-state index contributed by atoms with van der Waals surface area (Å²) in [4.78, 5) is 13.2. The predicted octanol–water partition coefficient (Wildman–Crippen LogP) is 3.74. The van der Waals surface area contributed by atoms with Crippen LogP contribution in [0.1, 0.15) is 22.6 Å². The third-order valence-corrected chi connectivity index (χ3v) is 4.60. The van der Waals surface area contributed by atoms with E-state index in [9.17, 15) is 4.79 Å². The van der Waals surface area contributed by atoms with Gasteiger partial charge in [-0.25, -0.2) is 4.68 Å². The lowest BCUT2D eigenvalue weighted by atomic mass is 9.90. The summed E-state index contributed by atoms with van der Waals surface area (Å²) in [7, 11) is 0. The van der Waals surface area contributed by atoms with E-state index >= 15 is 0 Å². The van der Waals surface area contributed by atoms with E-state index in [2.05, 4.69) is 20.8 Å². The molecule has 1 aromatic heterocycles. The fraction of sp³-hybridized carbons (Fsp3) is 0.0909. The van der Waals surface area contributed by atoms with Crippen molar-refractivity contribution in [2.24, 2.45) is 0 Å². The van der Waals surface area contributed by atoms with E-state index in [-0.39, 0.29) is 5.91 Å². The minimum absolute atomic E-state index is 0.0936. The van der Waals surface area contributed by atoms with Crippen molar-refractivity contribution in [1.82, 2.24) is 20.2 Å². The van der Waals surface area contributed by atoms with E-state index in [1.165, 1.54) is 6.33 Å². The van der Waals surface area contributed by atoms with E-state index < -0.39 is 5.92 Å². The van der Waals surface area contributed by atoms with Crippen LogP contribution in [0.15, 0.2) is 85.2 Å². The van der Waals surface area contributed by atoms with Crippen LogP contribution >= 0.6 is 0 Å². The molecular formula is C22H19N5O. The number of amides is 1. The molecule has 0 saturated carbocycles. The van der Waals surface area contributed by atoms with Crippen molar-refractivity contribution in [3.05, 3.63) is 102 Å². The van der Waals surface area contributed by atoms with Gasteiger partial charge in [-0.2, -0.15) is 0 Å². The Morgan fingerprint density at radius 3 is 2.14 bits per heavy atom. The first-order valence-electron chi connectivity index (χ1n) is 8.97. The van der Waals surface area contributed by atoms with Gasteiger partial charge in [0.25, 0.3) is 0 Å². The normalized spacial score (nSPS) is 10.8. The number of rotatable bonds is 5. The lowest BCUT2D eigenvalue weighted by Crippen LogP contribution is -2.22. The summed E-state index contributed by atoms with van der Waals surface area (Å²) in [6.07, 6.45) is 1.53. The smallest absolute Gasteiger partial charge is 0.236 e. The largest absolute Gasteiger partial charge is 0.325 e. The Hall–Kier alpha value is -3.80. The molecule has 0 aliphatic carbocycles. The van der Waals surface area contributed by atoms with Gasteiger partial charge in [0, 0.05) is 5.69 Å². The predicted molar refractivity (Wildman–Crippen MR) is 107 cm³/mol. The summed E-state index contributed by atoms with van der Waals surface area (Å²) in [5.74, 6) is -0.496. The van der Waals surface area contributed by atoms with Gasteiger partial charge >= 0.3 is 0 Å². The molecule has 1 heterocycles. The van der Waals surface area contributed by atoms with Crippen LogP contribution in [0.3, 0.4) is 0 Å². The zero-order valence-corrected chi connectivity index (χ0v) is 15.4. The molecule has 4 aromatic rings. The number of benzene rings is 3. The van der Waals surface area contributed by atoms with Gasteiger partial charge in [0.15, 0.2) is 0 Å². The maximum atomic E-state index is 13.2. The van der Waals surface area contributed by atoms with E-state index in [4.69, 9.17) is 0 Å². The van der Waals surface area contributed by atoms with Crippen molar-refractivity contribution in [3.63, 3.8) is 0 Å². The molecule has 1 N–H and O–H groups in total. The van der Waals surface area contributed by atoms with E-state index in [0.29, 0.717) is 5.69 Å². The van der Waals surface area contributed by atoms with Crippen LogP contribution in [0.25, 0.3) is 5.69 Å². The molecule has 0 saturated heterocycles. The minimum atomic E-state index is -0.403. The van der Waals surface area contributed by atoms with Crippen LogP contribution in [-0.2, 0) is 4.79 Å². The second-order valence-electron chi connectivity index (χ2n) is 6.50. The molecule has 0 unspecified atom stereocenters. The second-order valence-corrected chi connectivity index (χ2v) is 6.50. The molecule has 6 heteroatoms. The van der Waals surface area contributed by atoms with Crippen LogP contribution in [0.2, 0.25) is 0 Å². The molecule has 3 aromatic carbocycles. The Bertz CT molecular complexity index is 1020. The molecule has 0 aliphatic heterocycles. The van der Waals surface area contributed by atoms with Crippen molar-refractivity contribution in [3.8, 4) is 5.69 Å². The van der Waals surface area contributed by atoms with Crippen molar-refractivity contribution in [2.75, 3.05) is 5.32 Å². The summed E-state index contributed by atoms with van der Waals surface area (Å²) < 4.78 is 1.58. The maximum absolute atomic E-state index is 13.2. The highest BCUT2D eigenvalue weighted by molar-refractivity contribution is 5.98. The number of carbonyl (C=O) groups is 1. The summed E-state index contributed by atoms with van der Waals surface area (Å²) in [5.41, 5.74) is 4.41. The van der Waals surface area contributed by atoms with Crippen LogP contribution < -0.4 is 5.32 Å². The molecule has 0 fully saturated rings. The van der Waals surface area contributed by atoms with Crippen LogP contribution in [0, 0.1) is 6.92 Å². The third kappa shape index (κ3) is 3.66. The first-order chi connectivity index (χ1) is 13.7. The van der Waals surface area contributed by atoms with Crippen molar-refractivity contribution in [1.29, 1.82) is 0 Å². The van der Waals surface area contributed by atoms with Gasteiger partial charge < -0.3 is 5.32 Å². The zero-order chi connectivity index (χ0) is 19.3. The first-order valence-corrected chi connectivity index (χ1v) is 8.97. The van der Waals surface area contributed by atoms with Crippen molar-refractivity contribution in [2.45, 2.75) is 12.8 Å². The van der Waals surface area contributed by atoms with Gasteiger partial charge in [-0.15, -0.1) is 5.10 Å². The van der Waals surface area contributed by atoms with E-state index in [1.54, 1.807) is 4.68 Å². The fourth-order valence-electron chi connectivity index (χ4n) is 3.21. The number of carbonyl (C=O) groups excluding carboxylic acids is 1. The highest BCUT2D eigenvalue weighted by Crippen LogP contribution is 2.27. The summed E-state index contributed by atoms with van der Waals surface area (Å²) in [6.45, 7) is 1.97. The second kappa shape index (κ2) is 7.84. The molecule has 0 atom stereocenters. The molecule has 0 aliphatic rings. The highest BCUT2D eigenvalue weighted by atomic mass is 16.1. The van der Waals surface area contributed by atoms with Crippen LogP contribution in [-0.4, -0.2) is 26.1 Å². The summed E-state index contributed by atoms with van der Waals surface area (Å²) in [5, 5.41) is 14.4. The molecule has 1 amide bonds. The number of nitrogens with one attached hydrogen (secondary N) is 1. The van der Waals surface area contributed by atoms with Crippen molar-refractivity contribution < 1.29 is 4.79 Å². The van der Waals surface area contributed by atoms with E-state index in [0.717, 1.165) is 22.4 Å². The number of aromatic nitrogens is 4. The maximum Gasteiger partial charge on any atom is 0.236 e. The standard InChI is InChI=1S/C22H19N5O/c1-16-12-13-19(14-20(16)27-15-23-25-26-27)24-22(28)21(17-8-4-2-5-9-17)18-10-6-3-7-11-18/h2-15,21H,1H3,(H,24,28). The van der Waals surface area contributed by atoms with Gasteiger partial charge in [-0.3, -0.25) is 4.79 Å². The van der Waals surface area contributed by atoms with Gasteiger partial charge in [-0.1, -0.05) is 66.7 Å². The number of nitrogens with zero attached hydrogens (tertiary/aromatic N) is 4. The topological polar surface area (TPSA) is 72.7 Å². The zero-order valence-electron chi connectivity index (χ0n) is 15.4. The minimum Gasteiger partial charge on any atom is -0.325 e. The molecule has 6 nitrogen and oxygen atoms in total. The van der Waals surface area contributed by atoms with Gasteiger partial charge in [0.1, 0.15) is 6.33 Å². The average molecular weight is 369 g/mol. The Balaban J connectivity index is 1.66. The summed E-state index contributed by atoms with van der Waals surface area (Å²) in [6, 6.07) is 25.2. The average Bonchev–Trinajstić information content (AvgIpc) is 3.26. The Kier molecular flexibility index (Phi) is 4.93. The van der Waals surface area contributed by atoms with Gasteiger partial charge in [0.05, 0.1) is 11.6 Å². The fourth-order valence-corrected chi connectivity index (χ4v) is 3.21. The molecule has 0 spiro atoms. The highest BCUT2D eigenvalue weighted by Gasteiger charge is 2.22. The molecule has 28 heavy (non-hydrogen) atoms. The van der Waals surface area contributed by atoms with Crippen molar-refractivity contribution >= 4 is 11.6 Å². The van der Waals surface area contributed by atoms with Gasteiger partial charge in [0.2, 0.25) is 5.91 Å². The molecule has 138 valence electrons. The Labute approximate surface area is 162 Å². The lowest BCUT2D eigenvalue weighted by Gasteiger charge is -2.18. The third-order valence-electron chi connectivity index (χ3n) is 4.60. The Morgan fingerprint density at radius 2 is 1.57 bits per heavy atom. The van der Waals surface area contributed by atoms with E-state index in [1.807, 2.05) is 85.8 Å². The summed E-state index contributed by atoms with van der Waals surface area (Å²) >= 11 is 0. The number of tetrazole rings is 1. The number of aryl methyl sites for hydroxylation is 1. The van der Waals surface area contributed by atoms with Gasteiger partial charge in [-0.05, 0) is 46.2 Å². The SMILES string of the molecule is Cc1ccc(NC(=O)C(c2ccccc2)c2ccccc2)cc1-n1cnnn1. The Morgan fingerprint density at radius 1 is 0.929 bits per heavy atom. The number of hydrogen-bond donors (Lipinski definition) is 1. The molecule has 4 rings (SSSR count). The quantitative estimate of drug-likeness (QED) is 0.582. The molecular weight excluding hydrogens is 350 g/mol. The number of hydrogen-bond acceptors (Lipinski definition) is 4. The first kappa shape index (κ1) is 17.6. The molecule has 0 bridgehead atoms.